The molecule has 0 radical (unpaired) electrons. The summed E-state index contributed by atoms with van der Waals surface area (Å²) in [5, 5.41) is 14.9. The molecule has 0 aromatic carbocycles. The lowest BCUT2D eigenvalue weighted by Gasteiger charge is -2.25. The van der Waals surface area contributed by atoms with E-state index in [4.69, 9.17) is 5.11 Å². The molecule has 1 aliphatic carbocycles. The zero-order valence-corrected chi connectivity index (χ0v) is 9.63. The second-order valence-electron chi connectivity index (χ2n) is 4.03. The fraction of sp³-hybridized carbons (Fsp3) is 0.667. The Morgan fingerprint density at radius 2 is 2.31 bits per heavy atom. The van der Waals surface area contributed by atoms with Crippen LogP contribution in [0.5, 0.6) is 0 Å². The third kappa shape index (κ3) is 2.26. The number of H-pyrrole nitrogens is 1. The van der Waals surface area contributed by atoms with Crippen molar-refractivity contribution >= 4 is 10.0 Å². The second-order valence-corrected chi connectivity index (χ2v) is 5.74. The Labute approximate surface area is 94.1 Å². The van der Waals surface area contributed by atoms with Gasteiger partial charge in [0.15, 0.2) is 5.03 Å². The molecule has 1 aliphatic rings. The van der Waals surface area contributed by atoms with Crippen LogP contribution in [-0.2, 0) is 16.6 Å². The summed E-state index contributed by atoms with van der Waals surface area (Å²) < 4.78 is 26.2. The van der Waals surface area contributed by atoms with Crippen LogP contribution < -0.4 is 4.72 Å². The van der Waals surface area contributed by atoms with Gasteiger partial charge in [0.2, 0.25) is 0 Å². The van der Waals surface area contributed by atoms with Gasteiger partial charge in [0.25, 0.3) is 10.0 Å². The van der Waals surface area contributed by atoms with Gasteiger partial charge < -0.3 is 5.11 Å². The van der Waals surface area contributed by atoms with E-state index in [2.05, 4.69) is 14.9 Å². The monoisotopic (exact) mass is 245 g/mol. The minimum absolute atomic E-state index is 0.0330. The number of nitrogens with zero attached hydrogens (tertiary/aromatic N) is 1. The fourth-order valence-electron chi connectivity index (χ4n) is 1.64. The molecule has 2 rings (SSSR count). The van der Waals surface area contributed by atoms with Gasteiger partial charge in [0, 0.05) is 12.1 Å². The van der Waals surface area contributed by atoms with Gasteiger partial charge in [-0.25, -0.2) is 13.1 Å². The molecule has 1 saturated carbocycles. The number of aromatic nitrogens is 2. The molecule has 6 nitrogen and oxygen atoms in total. The molecule has 1 aromatic rings. The molecule has 1 heterocycles. The summed E-state index contributed by atoms with van der Waals surface area (Å²) in [4.78, 5) is 0. The van der Waals surface area contributed by atoms with E-state index in [1.54, 1.807) is 0 Å². The predicted molar refractivity (Wildman–Crippen MR) is 57.0 cm³/mol. The molecule has 0 atom stereocenters. The van der Waals surface area contributed by atoms with Crippen molar-refractivity contribution in [3.05, 3.63) is 11.8 Å². The lowest BCUT2D eigenvalue weighted by molar-refractivity contribution is 0.278. The second kappa shape index (κ2) is 4.52. The first kappa shape index (κ1) is 11.6. The molecule has 0 saturated heterocycles. The van der Waals surface area contributed by atoms with Gasteiger partial charge in [0.05, 0.1) is 12.8 Å². The third-order valence-corrected chi connectivity index (χ3v) is 4.34. The van der Waals surface area contributed by atoms with E-state index in [0.29, 0.717) is 18.0 Å². The molecule has 90 valence electrons. The number of hydrogen-bond donors (Lipinski definition) is 3. The van der Waals surface area contributed by atoms with Gasteiger partial charge in [-0.15, -0.1) is 0 Å². The van der Waals surface area contributed by atoms with Crippen LogP contribution in [0.15, 0.2) is 11.2 Å². The molecule has 0 spiro atoms. The first-order valence-corrected chi connectivity index (χ1v) is 6.74. The quantitative estimate of drug-likeness (QED) is 0.679. The number of hydrogen-bond acceptors (Lipinski definition) is 4. The zero-order valence-electron chi connectivity index (χ0n) is 8.81. The Morgan fingerprint density at radius 1 is 1.56 bits per heavy atom. The van der Waals surface area contributed by atoms with E-state index in [-0.39, 0.29) is 11.6 Å². The average Bonchev–Trinajstić information content (AvgIpc) is 2.63. The Hall–Kier alpha value is -0.920. The van der Waals surface area contributed by atoms with Gasteiger partial charge in [-0.3, -0.25) is 5.10 Å². The van der Waals surface area contributed by atoms with Crippen molar-refractivity contribution in [1.29, 1.82) is 0 Å². The Kier molecular flexibility index (Phi) is 3.27. The topological polar surface area (TPSA) is 95.1 Å². The van der Waals surface area contributed by atoms with Crippen LogP contribution in [0, 0.1) is 5.92 Å². The van der Waals surface area contributed by atoms with Crippen molar-refractivity contribution < 1.29 is 13.5 Å². The third-order valence-electron chi connectivity index (χ3n) is 2.90. The van der Waals surface area contributed by atoms with Crippen molar-refractivity contribution in [3.8, 4) is 0 Å². The van der Waals surface area contributed by atoms with Gasteiger partial charge in [-0.2, -0.15) is 5.10 Å². The van der Waals surface area contributed by atoms with Crippen LogP contribution in [-0.4, -0.2) is 30.3 Å². The lowest BCUT2D eigenvalue weighted by Crippen LogP contribution is -2.32. The highest BCUT2D eigenvalue weighted by Gasteiger charge is 2.24. The summed E-state index contributed by atoms with van der Waals surface area (Å²) in [7, 11) is -3.56. The van der Waals surface area contributed by atoms with Crippen LogP contribution in [0.1, 0.15) is 24.8 Å². The number of nitrogens with one attached hydrogen (secondary N) is 2. The number of aliphatic hydroxyl groups is 1. The van der Waals surface area contributed by atoms with E-state index in [1.807, 2.05) is 0 Å². The molecule has 7 heteroatoms. The number of sulfonamides is 1. The van der Waals surface area contributed by atoms with E-state index in [9.17, 15) is 8.42 Å². The van der Waals surface area contributed by atoms with Gasteiger partial charge >= 0.3 is 0 Å². The van der Waals surface area contributed by atoms with Crippen molar-refractivity contribution in [3.63, 3.8) is 0 Å². The molecule has 0 aliphatic heterocycles. The molecule has 1 aromatic heterocycles. The van der Waals surface area contributed by atoms with Crippen LogP contribution in [0.2, 0.25) is 0 Å². The van der Waals surface area contributed by atoms with Crippen molar-refractivity contribution in [1.82, 2.24) is 14.9 Å². The molecule has 16 heavy (non-hydrogen) atoms. The zero-order chi connectivity index (χ0) is 11.6. The molecule has 1 fully saturated rings. The maximum atomic E-state index is 11.8. The number of aliphatic hydroxyl groups excluding tert-OH is 1. The molecule has 0 bridgehead atoms. The minimum Gasteiger partial charge on any atom is -0.392 e. The molecule has 3 N–H and O–H groups in total. The first-order valence-electron chi connectivity index (χ1n) is 5.26. The van der Waals surface area contributed by atoms with Crippen LogP contribution in [0.4, 0.5) is 0 Å². The largest absolute Gasteiger partial charge is 0.392 e. The fourth-order valence-corrected chi connectivity index (χ4v) is 2.88. The normalized spacial score (nSPS) is 17.3. The van der Waals surface area contributed by atoms with E-state index in [1.165, 1.54) is 12.6 Å². The highest BCUT2D eigenvalue weighted by atomic mass is 32.2. The van der Waals surface area contributed by atoms with Crippen molar-refractivity contribution in [2.45, 2.75) is 30.9 Å². The van der Waals surface area contributed by atoms with Crippen LogP contribution in [0.25, 0.3) is 0 Å². The maximum absolute atomic E-state index is 11.8. The van der Waals surface area contributed by atoms with Crippen LogP contribution in [0.3, 0.4) is 0 Å². The van der Waals surface area contributed by atoms with Gasteiger partial charge in [0.1, 0.15) is 0 Å². The summed E-state index contributed by atoms with van der Waals surface area (Å²) in [5.74, 6) is 0.454. The first-order chi connectivity index (χ1) is 7.63. The van der Waals surface area contributed by atoms with Gasteiger partial charge in [-0.05, 0) is 18.8 Å². The average molecular weight is 245 g/mol. The van der Waals surface area contributed by atoms with E-state index in [0.717, 1.165) is 12.8 Å². The SMILES string of the molecule is O=S(=O)(NCC1CCC1)c1[nH]ncc1CO. The molecule has 0 unspecified atom stereocenters. The molecular formula is C9H15N3O3S. The molecule has 0 amide bonds. The minimum atomic E-state index is -3.56. The highest BCUT2D eigenvalue weighted by Crippen LogP contribution is 2.25. The van der Waals surface area contributed by atoms with Crippen molar-refractivity contribution in [2.75, 3.05) is 6.54 Å². The van der Waals surface area contributed by atoms with E-state index < -0.39 is 10.0 Å². The standard InChI is InChI=1S/C9H15N3O3S/c13-6-8-5-10-12-9(8)16(14,15)11-4-7-2-1-3-7/h5,7,11,13H,1-4,6H2,(H,10,12). The van der Waals surface area contributed by atoms with Gasteiger partial charge in [-0.1, -0.05) is 6.42 Å². The van der Waals surface area contributed by atoms with Crippen LogP contribution >= 0.6 is 0 Å². The summed E-state index contributed by atoms with van der Waals surface area (Å²) >= 11 is 0. The summed E-state index contributed by atoms with van der Waals surface area (Å²) in [5.41, 5.74) is 0.293. The number of aromatic amines is 1. The highest BCUT2D eigenvalue weighted by molar-refractivity contribution is 7.89. The van der Waals surface area contributed by atoms with E-state index >= 15 is 0 Å². The maximum Gasteiger partial charge on any atom is 0.257 e. The Balaban J connectivity index is 2.05. The molecular weight excluding hydrogens is 230 g/mol. The Bertz CT molecular complexity index is 450. The van der Waals surface area contributed by atoms with Crippen molar-refractivity contribution in [2.24, 2.45) is 5.92 Å². The smallest absolute Gasteiger partial charge is 0.257 e. The number of rotatable bonds is 5. The predicted octanol–water partition coefficient (Wildman–Crippen LogP) is -0.0196. The lowest BCUT2D eigenvalue weighted by atomic mass is 9.86. The summed E-state index contributed by atoms with van der Waals surface area (Å²) in [6, 6.07) is 0. The summed E-state index contributed by atoms with van der Waals surface area (Å²) in [6.45, 7) is 0.127. The Morgan fingerprint density at radius 3 is 2.88 bits per heavy atom. The summed E-state index contributed by atoms with van der Waals surface area (Å²) in [6.07, 6.45) is 4.66.